The van der Waals surface area contributed by atoms with Crippen molar-refractivity contribution in [2.45, 2.75) is 13.0 Å². The third-order valence-electron chi connectivity index (χ3n) is 2.35. The Morgan fingerprint density at radius 3 is 2.50 bits per heavy atom. The number of nitrogen functional groups attached to an aromatic ring is 1. The van der Waals surface area contributed by atoms with Crippen LogP contribution < -0.4 is 16.6 Å². The van der Waals surface area contributed by atoms with Gasteiger partial charge in [0.2, 0.25) is 0 Å². The fourth-order valence-electron chi connectivity index (χ4n) is 1.76. The zero-order valence-electron chi connectivity index (χ0n) is 10.8. The van der Waals surface area contributed by atoms with Gasteiger partial charge in [0, 0.05) is 30.4 Å². The molecule has 0 aromatic heterocycles. The van der Waals surface area contributed by atoms with E-state index in [1.54, 1.807) is 6.07 Å². The maximum absolute atomic E-state index is 10.8. The second kappa shape index (κ2) is 6.18. The van der Waals surface area contributed by atoms with Gasteiger partial charge in [-0.25, -0.2) is 0 Å². The van der Waals surface area contributed by atoms with Crippen LogP contribution in [0.4, 0.5) is 17.1 Å². The highest BCUT2D eigenvalue weighted by atomic mass is 16.6. The number of hydrogen-bond acceptors (Lipinski definition) is 6. The van der Waals surface area contributed by atoms with Crippen molar-refractivity contribution in [2.75, 3.05) is 31.4 Å². The van der Waals surface area contributed by atoms with Crippen LogP contribution in [0, 0.1) is 10.1 Å². The van der Waals surface area contributed by atoms with Crippen molar-refractivity contribution in [3.8, 4) is 0 Å². The first-order valence-electron chi connectivity index (χ1n) is 5.59. The van der Waals surface area contributed by atoms with Crippen LogP contribution in [0.5, 0.6) is 0 Å². The molecule has 0 saturated carbocycles. The normalized spacial score (nSPS) is 12.3. The summed E-state index contributed by atoms with van der Waals surface area (Å²) in [5.74, 6) is 5.29. The van der Waals surface area contributed by atoms with Crippen LogP contribution in [-0.2, 0) is 0 Å². The summed E-state index contributed by atoms with van der Waals surface area (Å²) in [6, 6.07) is 4.79. The fraction of sp³-hybridized carbons (Fsp3) is 0.455. The molecule has 1 atom stereocenters. The molecule has 7 heteroatoms. The first-order valence-corrected chi connectivity index (χ1v) is 5.59. The highest BCUT2D eigenvalue weighted by Crippen LogP contribution is 2.24. The molecule has 0 spiro atoms. The summed E-state index contributed by atoms with van der Waals surface area (Å²) < 4.78 is 0. The van der Waals surface area contributed by atoms with E-state index in [2.05, 4.69) is 10.7 Å². The number of hydrogen-bond donors (Lipinski definition) is 3. The minimum absolute atomic E-state index is 0.00463. The number of likely N-dealkylation sites (N-methyl/N-ethyl adjacent to an activating group) is 1. The van der Waals surface area contributed by atoms with Gasteiger partial charge in [-0.3, -0.25) is 16.0 Å². The van der Waals surface area contributed by atoms with Crippen LogP contribution in [0.1, 0.15) is 6.92 Å². The van der Waals surface area contributed by atoms with E-state index in [1.807, 2.05) is 25.9 Å². The fourth-order valence-corrected chi connectivity index (χ4v) is 1.76. The maximum atomic E-state index is 10.8. The van der Waals surface area contributed by atoms with Gasteiger partial charge in [0.25, 0.3) is 5.69 Å². The zero-order chi connectivity index (χ0) is 13.7. The molecule has 0 bridgehead atoms. The molecule has 1 unspecified atom stereocenters. The Morgan fingerprint density at radius 1 is 1.39 bits per heavy atom. The Hall–Kier alpha value is -1.86. The van der Waals surface area contributed by atoms with E-state index in [9.17, 15) is 10.1 Å². The average molecular weight is 253 g/mol. The number of anilines is 2. The number of nitrogens with zero attached hydrogens (tertiary/aromatic N) is 2. The maximum Gasteiger partial charge on any atom is 0.273 e. The van der Waals surface area contributed by atoms with Crippen LogP contribution in [0.15, 0.2) is 18.2 Å². The molecule has 100 valence electrons. The molecular weight excluding hydrogens is 234 g/mol. The lowest BCUT2D eigenvalue weighted by molar-refractivity contribution is -0.384. The third-order valence-corrected chi connectivity index (χ3v) is 2.35. The van der Waals surface area contributed by atoms with Gasteiger partial charge in [0.05, 0.1) is 10.6 Å². The summed E-state index contributed by atoms with van der Waals surface area (Å²) in [7, 11) is 3.94. The monoisotopic (exact) mass is 253 g/mol. The molecule has 0 heterocycles. The standard InChI is InChI=1S/C11H19N5O2/c1-8(7-15(2)3)13-9-4-10(14-12)6-11(5-9)16(17)18/h4-6,8,13-14H,7,12H2,1-3H3. The quantitative estimate of drug-likeness (QED) is 0.401. The summed E-state index contributed by atoms with van der Waals surface area (Å²) in [4.78, 5) is 12.4. The summed E-state index contributed by atoms with van der Waals surface area (Å²) in [6.45, 7) is 2.84. The highest BCUT2D eigenvalue weighted by molar-refractivity contribution is 5.63. The number of nitro groups is 1. The van der Waals surface area contributed by atoms with E-state index in [0.717, 1.165) is 6.54 Å². The predicted molar refractivity (Wildman–Crippen MR) is 72.5 cm³/mol. The molecule has 0 fully saturated rings. The Bertz CT molecular complexity index is 422. The smallest absolute Gasteiger partial charge is 0.273 e. The van der Waals surface area contributed by atoms with E-state index >= 15 is 0 Å². The van der Waals surface area contributed by atoms with Crippen molar-refractivity contribution in [3.05, 3.63) is 28.3 Å². The minimum Gasteiger partial charge on any atom is -0.381 e. The number of rotatable bonds is 6. The summed E-state index contributed by atoms with van der Waals surface area (Å²) >= 11 is 0. The number of nitrogens with two attached hydrogens (primary N) is 1. The van der Waals surface area contributed by atoms with Crippen LogP contribution in [0.2, 0.25) is 0 Å². The van der Waals surface area contributed by atoms with Crippen molar-refractivity contribution in [1.82, 2.24) is 4.90 Å². The Balaban J connectivity index is 2.87. The van der Waals surface area contributed by atoms with Crippen LogP contribution in [0.25, 0.3) is 0 Å². The number of non-ortho nitro benzene ring substituents is 1. The number of hydrazine groups is 1. The molecule has 0 aliphatic heterocycles. The topological polar surface area (TPSA) is 96.5 Å². The lowest BCUT2D eigenvalue weighted by atomic mass is 10.2. The van der Waals surface area contributed by atoms with Crippen molar-refractivity contribution >= 4 is 17.1 Å². The largest absolute Gasteiger partial charge is 0.381 e. The second-order valence-electron chi connectivity index (χ2n) is 4.48. The lowest BCUT2D eigenvalue weighted by Crippen LogP contribution is -2.29. The Kier molecular flexibility index (Phi) is 4.87. The molecule has 0 radical (unpaired) electrons. The molecule has 1 aromatic carbocycles. The highest BCUT2D eigenvalue weighted by Gasteiger charge is 2.11. The molecule has 1 aromatic rings. The molecule has 0 aliphatic carbocycles. The van der Waals surface area contributed by atoms with Gasteiger partial charge in [0.1, 0.15) is 0 Å². The van der Waals surface area contributed by atoms with Gasteiger partial charge in [0.15, 0.2) is 0 Å². The molecular formula is C11H19N5O2. The number of benzene rings is 1. The van der Waals surface area contributed by atoms with E-state index in [-0.39, 0.29) is 11.7 Å². The van der Waals surface area contributed by atoms with Gasteiger partial charge in [-0.2, -0.15) is 0 Å². The summed E-state index contributed by atoms with van der Waals surface area (Å²) in [5, 5.41) is 14.0. The predicted octanol–water partition coefficient (Wildman–Crippen LogP) is 1.24. The molecule has 7 nitrogen and oxygen atoms in total. The van der Waals surface area contributed by atoms with Crippen molar-refractivity contribution in [1.29, 1.82) is 0 Å². The van der Waals surface area contributed by atoms with Gasteiger partial charge >= 0.3 is 0 Å². The lowest BCUT2D eigenvalue weighted by Gasteiger charge is -2.19. The van der Waals surface area contributed by atoms with Crippen LogP contribution >= 0.6 is 0 Å². The van der Waals surface area contributed by atoms with E-state index in [1.165, 1.54) is 12.1 Å². The average Bonchev–Trinajstić information content (AvgIpc) is 2.27. The Labute approximate surface area is 106 Å². The number of nitro benzene ring substituents is 1. The van der Waals surface area contributed by atoms with Gasteiger partial charge in [-0.1, -0.05) is 0 Å². The molecule has 1 rings (SSSR count). The van der Waals surface area contributed by atoms with E-state index in [4.69, 9.17) is 5.84 Å². The molecule has 0 amide bonds. The van der Waals surface area contributed by atoms with Crippen molar-refractivity contribution in [3.63, 3.8) is 0 Å². The van der Waals surface area contributed by atoms with Crippen molar-refractivity contribution < 1.29 is 4.92 Å². The van der Waals surface area contributed by atoms with Gasteiger partial charge < -0.3 is 15.6 Å². The zero-order valence-corrected chi connectivity index (χ0v) is 10.8. The van der Waals surface area contributed by atoms with Crippen molar-refractivity contribution in [2.24, 2.45) is 5.84 Å². The first-order chi connectivity index (χ1) is 8.42. The van der Waals surface area contributed by atoms with Crippen LogP contribution in [0.3, 0.4) is 0 Å². The van der Waals surface area contributed by atoms with Gasteiger partial charge in [-0.05, 0) is 27.1 Å². The molecule has 0 aliphatic rings. The third kappa shape index (κ3) is 4.19. The second-order valence-corrected chi connectivity index (χ2v) is 4.48. The molecule has 18 heavy (non-hydrogen) atoms. The Morgan fingerprint density at radius 2 is 2.00 bits per heavy atom. The minimum atomic E-state index is -0.442. The van der Waals surface area contributed by atoms with E-state index in [0.29, 0.717) is 11.4 Å². The van der Waals surface area contributed by atoms with Crippen LogP contribution in [-0.4, -0.2) is 36.5 Å². The number of nitrogens with one attached hydrogen (secondary N) is 2. The van der Waals surface area contributed by atoms with E-state index < -0.39 is 4.92 Å². The molecule has 0 saturated heterocycles. The summed E-state index contributed by atoms with van der Waals surface area (Å²) in [5.41, 5.74) is 3.60. The SMILES string of the molecule is CC(CN(C)C)Nc1cc(NN)cc([N+](=O)[O-])c1. The molecule has 4 N–H and O–H groups in total. The van der Waals surface area contributed by atoms with Gasteiger partial charge in [-0.15, -0.1) is 0 Å². The summed E-state index contributed by atoms with van der Waals surface area (Å²) in [6.07, 6.45) is 0. The first kappa shape index (κ1) is 14.2.